The Morgan fingerprint density at radius 2 is 2.00 bits per heavy atom. The van der Waals surface area contributed by atoms with Crippen molar-refractivity contribution in [1.29, 1.82) is 0 Å². The van der Waals surface area contributed by atoms with Crippen molar-refractivity contribution in [3.05, 3.63) is 29.8 Å². The highest BCUT2D eigenvalue weighted by Crippen LogP contribution is 2.31. The average molecular weight is 329 g/mol. The molecule has 0 bridgehead atoms. The molecule has 0 amide bonds. The number of primary sulfonamides is 1. The molecular weight excluding hydrogens is 304 g/mol. The number of nitrogens with two attached hydrogens (primary N) is 1. The van der Waals surface area contributed by atoms with Gasteiger partial charge < -0.3 is 5.32 Å². The second-order valence-corrected chi connectivity index (χ2v) is 8.61. The largest absolute Gasteiger partial charge is 0.306 e. The Kier molecular flexibility index (Phi) is 5.71. The minimum atomic E-state index is -3.61. The Bertz CT molecular complexity index is 558. The lowest BCUT2D eigenvalue weighted by molar-refractivity contribution is 0.467. The first kappa shape index (κ1) is 16.8. The van der Waals surface area contributed by atoms with E-state index < -0.39 is 10.0 Å². The second kappa shape index (κ2) is 7.13. The van der Waals surface area contributed by atoms with Crippen LogP contribution in [0, 0.1) is 0 Å². The molecule has 3 atom stereocenters. The van der Waals surface area contributed by atoms with Crippen LogP contribution in [0.25, 0.3) is 0 Å². The van der Waals surface area contributed by atoms with Gasteiger partial charge in [0.2, 0.25) is 10.0 Å². The number of nitrogens with one attached hydrogen (secondary N) is 1. The number of thioether (sulfide) groups is 1. The van der Waals surface area contributed by atoms with Crippen LogP contribution < -0.4 is 10.5 Å². The van der Waals surface area contributed by atoms with Gasteiger partial charge in [-0.2, -0.15) is 11.8 Å². The molecule has 1 aliphatic rings. The van der Waals surface area contributed by atoms with E-state index in [9.17, 15) is 8.42 Å². The molecule has 2 rings (SSSR count). The number of sulfonamides is 1. The van der Waals surface area contributed by atoms with Gasteiger partial charge in [-0.25, -0.2) is 13.6 Å². The summed E-state index contributed by atoms with van der Waals surface area (Å²) in [5.41, 5.74) is 1.09. The second-order valence-electron chi connectivity index (χ2n) is 5.53. The summed E-state index contributed by atoms with van der Waals surface area (Å²) in [5, 5.41) is 9.50. The van der Waals surface area contributed by atoms with Crippen LogP contribution in [0.15, 0.2) is 29.2 Å². The zero-order valence-corrected chi connectivity index (χ0v) is 14.2. The number of benzene rings is 1. The van der Waals surface area contributed by atoms with Gasteiger partial charge in [0.05, 0.1) is 4.90 Å². The van der Waals surface area contributed by atoms with E-state index in [0.29, 0.717) is 11.3 Å². The predicted octanol–water partition coefficient (Wildman–Crippen LogP) is 2.66. The number of hydrogen-bond donors (Lipinski definition) is 2. The highest BCUT2D eigenvalue weighted by molar-refractivity contribution is 7.99. The molecule has 0 radical (unpaired) electrons. The van der Waals surface area contributed by atoms with E-state index in [1.54, 1.807) is 12.1 Å². The number of hydrogen-bond acceptors (Lipinski definition) is 4. The SMILES string of the molecule is CCSC1CCCC1NC(C)c1ccc(S(N)(=O)=O)cc1. The molecule has 0 heterocycles. The molecule has 4 nitrogen and oxygen atoms in total. The van der Waals surface area contributed by atoms with E-state index in [0.717, 1.165) is 11.3 Å². The summed E-state index contributed by atoms with van der Waals surface area (Å²) in [6.07, 6.45) is 3.79. The fourth-order valence-corrected chi connectivity index (χ4v) is 4.62. The van der Waals surface area contributed by atoms with Crippen molar-refractivity contribution < 1.29 is 8.42 Å². The molecule has 1 aromatic rings. The summed E-state index contributed by atoms with van der Waals surface area (Å²) < 4.78 is 22.5. The zero-order chi connectivity index (χ0) is 15.5. The molecule has 3 unspecified atom stereocenters. The molecule has 0 spiro atoms. The lowest BCUT2D eigenvalue weighted by Gasteiger charge is -2.25. The summed E-state index contributed by atoms with van der Waals surface area (Å²) in [7, 11) is -3.61. The van der Waals surface area contributed by atoms with E-state index in [4.69, 9.17) is 5.14 Å². The van der Waals surface area contributed by atoms with Crippen LogP contribution in [0.3, 0.4) is 0 Å². The summed E-state index contributed by atoms with van der Waals surface area (Å²) in [4.78, 5) is 0.165. The van der Waals surface area contributed by atoms with E-state index in [1.807, 2.05) is 23.9 Å². The first-order valence-electron chi connectivity index (χ1n) is 7.42. The lowest BCUT2D eigenvalue weighted by atomic mass is 10.1. The van der Waals surface area contributed by atoms with Gasteiger partial charge in [-0.3, -0.25) is 0 Å². The zero-order valence-electron chi connectivity index (χ0n) is 12.6. The normalized spacial score (nSPS) is 24.1. The minimum absolute atomic E-state index is 0.165. The summed E-state index contributed by atoms with van der Waals surface area (Å²) in [5.74, 6) is 1.15. The molecule has 3 N–H and O–H groups in total. The standard InChI is InChI=1S/C15H24N2O2S2/c1-3-20-15-6-4-5-14(15)17-11(2)12-7-9-13(10-8-12)21(16,18)19/h7-11,14-15,17H,3-6H2,1-2H3,(H2,16,18,19). The molecule has 0 aliphatic heterocycles. The molecule has 1 aliphatic carbocycles. The summed E-state index contributed by atoms with van der Waals surface area (Å²) in [6.45, 7) is 4.33. The molecule has 0 saturated heterocycles. The average Bonchev–Trinajstić information content (AvgIpc) is 2.86. The molecule has 0 aromatic heterocycles. The molecule has 118 valence electrons. The Morgan fingerprint density at radius 1 is 1.33 bits per heavy atom. The van der Waals surface area contributed by atoms with Crippen LogP contribution in [-0.4, -0.2) is 25.5 Å². The Morgan fingerprint density at radius 3 is 2.57 bits per heavy atom. The van der Waals surface area contributed by atoms with Crippen molar-refractivity contribution in [3.63, 3.8) is 0 Å². The first-order chi connectivity index (χ1) is 9.91. The topological polar surface area (TPSA) is 72.2 Å². The fraction of sp³-hybridized carbons (Fsp3) is 0.600. The highest BCUT2D eigenvalue weighted by atomic mass is 32.2. The van der Waals surface area contributed by atoms with E-state index in [-0.39, 0.29) is 10.9 Å². The van der Waals surface area contributed by atoms with Crippen molar-refractivity contribution in [2.75, 3.05) is 5.75 Å². The van der Waals surface area contributed by atoms with Crippen molar-refractivity contribution >= 4 is 21.8 Å². The van der Waals surface area contributed by atoms with Crippen molar-refractivity contribution in [2.24, 2.45) is 5.14 Å². The van der Waals surface area contributed by atoms with Gasteiger partial charge in [0.1, 0.15) is 0 Å². The van der Waals surface area contributed by atoms with E-state index in [1.165, 1.54) is 19.3 Å². The maximum Gasteiger partial charge on any atom is 0.238 e. The van der Waals surface area contributed by atoms with Gasteiger partial charge in [-0.1, -0.05) is 25.5 Å². The van der Waals surface area contributed by atoms with Crippen LogP contribution >= 0.6 is 11.8 Å². The fourth-order valence-electron chi connectivity index (χ4n) is 2.89. The molecule has 21 heavy (non-hydrogen) atoms. The third kappa shape index (κ3) is 4.45. The quantitative estimate of drug-likeness (QED) is 0.842. The number of rotatable bonds is 6. The van der Waals surface area contributed by atoms with Crippen LogP contribution in [0.5, 0.6) is 0 Å². The summed E-state index contributed by atoms with van der Waals surface area (Å²) in [6, 6.07) is 7.60. The monoisotopic (exact) mass is 328 g/mol. The first-order valence-corrected chi connectivity index (χ1v) is 10.0. The van der Waals surface area contributed by atoms with Gasteiger partial charge in [-0.15, -0.1) is 0 Å². The maximum atomic E-state index is 11.3. The smallest absolute Gasteiger partial charge is 0.238 e. The third-order valence-corrected chi connectivity index (χ3v) is 6.26. The van der Waals surface area contributed by atoms with Crippen molar-refractivity contribution in [1.82, 2.24) is 5.32 Å². The molecule has 1 saturated carbocycles. The van der Waals surface area contributed by atoms with Crippen molar-refractivity contribution in [2.45, 2.75) is 55.3 Å². The summed E-state index contributed by atoms with van der Waals surface area (Å²) >= 11 is 2.03. The maximum absolute atomic E-state index is 11.3. The van der Waals surface area contributed by atoms with Gasteiger partial charge >= 0.3 is 0 Å². The Labute approximate surface area is 131 Å². The van der Waals surface area contributed by atoms with Crippen LogP contribution in [0.1, 0.15) is 44.7 Å². The predicted molar refractivity (Wildman–Crippen MR) is 88.9 cm³/mol. The van der Waals surface area contributed by atoms with Gasteiger partial charge in [0.15, 0.2) is 0 Å². The van der Waals surface area contributed by atoms with Crippen LogP contribution in [0.2, 0.25) is 0 Å². The van der Waals surface area contributed by atoms with E-state index in [2.05, 4.69) is 19.2 Å². The Balaban J connectivity index is 2.01. The highest BCUT2D eigenvalue weighted by Gasteiger charge is 2.28. The van der Waals surface area contributed by atoms with E-state index >= 15 is 0 Å². The van der Waals surface area contributed by atoms with Gasteiger partial charge in [0, 0.05) is 17.3 Å². The molecule has 6 heteroatoms. The molecule has 1 aromatic carbocycles. The van der Waals surface area contributed by atoms with Crippen molar-refractivity contribution in [3.8, 4) is 0 Å². The minimum Gasteiger partial charge on any atom is -0.306 e. The molecule has 1 fully saturated rings. The van der Waals surface area contributed by atoms with Crippen LogP contribution in [0.4, 0.5) is 0 Å². The van der Waals surface area contributed by atoms with Crippen LogP contribution in [-0.2, 0) is 10.0 Å². The third-order valence-electron chi connectivity index (χ3n) is 4.01. The van der Waals surface area contributed by atoms with Gasteiger partial charge in [-0.05, 0) is 43.2 Å². The Hall–Kier alpha value is -0.560. The van der Waals surface area contributed by atoms with Gasteiger partial charge in [0.25, 0.3) is 0 Å². The molecular formula is C15H24N2O2S2. The lowest BCUT2D eigenvalue weighted by Crippen LogP contribution is -2.36.